The summed E-state index contributed by atoms with van der Waals surface area (Å²) in [5, 5.41) is 3.28. The van der Waals surface area contributed by atoms with Crippen LogP contribution in [0.3, 0.4) is 0 Å². The summed E-state index contributed by atoms with van der Waals surface area (Å²) in [6, 6.07) is 8.57. The highest BCUT2D eigenvalue weighted by atomic mass is 16.5. The van der Waals surface area contributed by atoms with Crippen molar-refractivity contribution >= 4 is 5.69 Å². The molecule has 3 heteroatoms. The fourth-order valence-electron chi connectivity index (χ4n) is 2.69. The quantitative estimate of drug-likeness (QED) is 0.828. The van der Waals surface area contributed by atoms with Crippen molar-refractivity contribution in [3.05, 3.63) is 24.3 Å². The van der Waals surface area contributed by atoms with Gasteiger partial charge in [-0.2, -0.15) is 0 Å². The molecule has 1 aromatic carbocycles. The van der Waals surface area contributed by atoms with Gasteiger partial charge in [0.1, 0.15) is 5.75 Å². The lowest BCUT2D eigenvalue weighted by molar-refractivity contribution is 0.289. The molecule has 0 spiro atoms. The molecule has 1 aromatic rings. The number of ether oxygens (including phenoxy) is 1. The van der Waals surface area contributed by atoms with Crippen molar-refractivity contribution in [2.75, 3.05) is 38.2 Å². The molecule has 0 amide bonds. The van der Waals surface area contributed by atoms with E-state index in [4.69, 9.17) is 4.74 Å². The Bertz CT molecular complexity index is 388. The van der Waals surface area contributed by atoms with Crippen LogP contribution in [0.15, 0.2) is 24.3 Å². The number of anilines is 1. The maximum atomic E-state index is 5.77. The molecule has 0 radical (unpaired) electrons. The molecule has 0 bridgehead atoms. The predicted octanol–water partition coefficient (Wildman–Crippen LogP) is 3.16. The summed E-state index contributed by atoms with van der Waals surface area (Å²) in [6.45, 7) is 8.70. The molecule has 112 valence electrons. The van der Waals surface area contributed by atoms with Crippen LogP contribution in [0, 0.1) is 11.8 Å². The SMILES string of the molecule is CNCC1CCN(c2ccc(OCCC(C)C)cc2)C1. The molecule has 0 aliphatic carbocycles. The van der Waals surface area contributed by atoms with Gasteiger partial charge >= 0.3 is 0 Å². The fourth-order valence-corrected chi connectivity index (χ4v) is 2.69. The molecule has 1 heterocycles. The minimum absolute atomic E-state index is 0.697. The Morgan fingerprint density at radius 2 is 2.05 bits per heavy atom. The topological polar surface area (TPSA) is 24.5 Å². The van der Waals surface area contributed by atoms with E-state index < -0.39 is 0 Å². The normalized spacial score (nSPS) is 18.8. The highest BCUT2D eigenvalue weighted by molar-refractivity contribution is 5.49. The predicted molar refractivity (Wildman–Crippen MR) is 85.6 cm³/mol. The summed E-state index contributed by atoms with van der Waals surface area (Å²) in [4.78, 5) is 2.47. The van der Waals surface area contributed by atoms with E-state index in [9.17, 15) is 0 Å². The number of hydrogen-bond donors (Lipinski definition) is 1. The van der Waals surface area contributed by atoms with Crippen molar-refractivity contribution in [3.8, 4) is 5.75 Å². The van der Waals surface area contributed by atoms with Crippen LogP contribution in [0.5, 0.6) is 5.75 Å². The average Bonchev–Trinajstić information content (AvgIpc) is 2.88. The Labute approximate surface area is 123 Å². The lowest BCUT2D eigenvalue weighted by atomic mass is 10.1. The average molecular weight is 276 g/mol. The molecule has 1 saturated heterocycles. The minimum Gasteiger partial charge on any atom is -0.494 e. The van der Waals surface area contributed by atoms with Gasteiger partial charge in [-0.3, -0.25) is 0 Å². The molecule has 0 aromatic heterocycles. The summed E-state index contributed by atoms with van der Waals surface area (Å²) >= 11 is 0. The zero-order valence-electron chi connectivity index (χ0n) is 13.1. The van der Waals surface area contributed by atoms with E-state index in [0.717, 1.165) is 37.8 Å². The second-order valence-electron chi connectivity index (χ2n) is 6.18. The van der Waals surface area contributed by atoms with E-state index in [1.807, 2.05) is 7.05 Å². The van der Waals surface area contributed by atoms with Gasteiger partial charge in [0, 0.05) is 18.8 Å². The zero-order chi connectivity index (χ0) is 14.4. The second kappa shape index (κ2) is 7.53. The van der Waals surface area contributed by atoms with Crippen LogP contribution < -0.4 is 15.0 Å². The number of rotatable bonds is 7. The Morgan fingerprint density at radius 1 is 1.30 bits per heavy atom. The first-order chi connectivity index (χ1) is 9.69. The van der Waals surface area contributed by atoms with Gasteiger partial charge in [0.25, 0.3) is 0 Å². The zero-order valence-corrected chi connectivity index (χ0v) is 13.1. The van der Waals surface area contributed by atoms with Gasteiger partial charge in [0.15, 0.2) is 0 Å². The maximum Gasteiger partial charge on any atom is 0.119 e. The summed E-state index contributed by atoms with van der Waals surface area (Å²) in [5.41, 5.74) is 1.32. The third-order valence-corrected chi connectivity index (χ3v) is 3.94. The van der Waals surface area contributed by atoms with E-state index in [-0.39, 0.29) is 0 Å². The molecule has 1 unspecified atom stereocenters. The van der Waals surface area contributed by atoms with Crippen molar-refractivity contribution in [1.29, 1.82) is 0 Å². The van der Waals surface area contributed by atoms with Crippen LogP contribution in [-0.2, 0) is 0 Å². The Hall–Kier alpha value is -1.22. The maximum absolute atomic E-state index is 5.77. The molecule has 3 nitrogen and oxygen atoms in total. The molecule has 2 rings (SSSR count). The van der Waals surface area contributed by atoms with Gasteiger partial charge in [-0.25, -0.2) is 0 Å². The third-order valence-electron chi connectivity index (χ3n) is 3.94. The Kier molecular flexibility index (Phi) is 5.72. The summed E-state index contributed by atoms with van der Waals surface area (Å²) in [7, 11) is 2.03. The van der Waals surface area contributed by atoms with Crippen molar-refractivity contribution < 1.29 is 4.74 Å². The monoisotopic (exact) mass is 276 g/mol. The van der Waals surface area contributed by atoms with Crippen LogP contribution in [0.4, 0.5) is 5.69 Å². The van der Waals surface area contributed by atoms with Crippen molar-refractivity contribution in [2.45, 2.75) is 26.7 Å². The fraction of sp³-hybridized carbons (Fsp3) is 0.647. The molecular formula is C17H28N2O. The first kappa shape index (κ1) is 15.2. The minimum atomic E-state index is 0.697. The van der Waals surface area contributed by atoms with E-state index in [2.05, 4.69) is 48.3 Å². The number of benzene rings is 1. The standard InChI is InChI=1S/C17H28N2O/c1-14(2)9-11-20-17-6-4-16(5-7-17)19-10-8-15(13-19)12-18-3/h4-7,14-15,18H,8-13H2,1-3H3. The molecule has 1 aliphatic heterocycles. The van der Waals surface area contributed by atoms with Gasteiger partial charge in [-0.05, 0) is 62.5 Å². The molecular weight excluding hydrogens is 248 g/mol. The van der Waals surface area contributed by atoms with Crippen LogP contribution in [0.2, 0.25) is 0 Å². The highest BCUT2D eigenvalue weighted by Gasteiger charge is 2.21. The molecule has 0 saturated carbocycles. The molecule has 20 heavy (non-hydrogen) atoms. The van der Waals surface area contributed by atoms with Crippen LogP contribution in [0.25, 0.3) is 0 Å². The molecule has 1 fully saturated rings. The smallest absolute Gasteiger partial charge is 0.119 e. The Morgan fingerprint density at radius 3 is 2.70 bits per heavy atom. The first-order valence-electron chi connectivity index (χ1n) is 7.81. The van der Waals surface area contributed by atoms with Gasteiger partial charge < -0.3 is 15.0 Å². The van der Waals surface area contributed by atoms with Gasteiger partial charge in [-0.1, -0.05) is 13.8 Å². The van der Waals surface area contributed by atoms with Crippen molar-refractivity contribution in [2.24, 2.45) is 11.8 Å². The van der Waals surface area contributed by atoms with Crippen molar-refractivity contribution in [1.82, 2.24) is 5.32 Å². The van der Waals surface area contributed by atoms with Gasteiger partial charge in [0.2, 0.25) is 0 Å². The van der Waals surface area contributed by atoms with E-state index in [1.54, 1.807) is 0 Å². The summed E-state index contributed by atoms with van der Waals surface area (Å²) < 4.78 is 5.77. The van der Waals surface area contributed by atoms with E-state index in [1.165, 1.54) is 18.7 Å². The van der Waals surface area contributed by atoms with Crippen molar-refractivity contribution in [3.63, 3.8) is 0 Å². The Balaban J connectivity index is 1.82. The largest absolute Gasteiger partial charge is 0.494 e. The lowest BCUT2D eigenvalue weighted by Gasteiger charge is -2.19. The second-order valence-corrected chi connectivity index (χ2v) is 6.18. The summed E-state index contributed by atoms with van der Waals surface area (Å²) in [5.74, 6) is 2.46. The lowest BCUT2D eigenvalue weighted by Crippen LogP contribution is -2.24. The number of hydrogen-bond acceptors (Lipinski definition) is 3. The molecule has 1 aliphatic rings. The number of nitrogens with one attached hydrogen (secondary N) is 1. The van der Waals surface area contributed by atoms with E-state index >= 15 is 0 Å². The van der Waals surface area contributed by atoms with Crippen LogP contribution >= 0.6 is 0 Å². The summed E-state index contributed by atoms with van der Waals surface area (Å²) in [6.07, 6.45) is 2.40. The third kappa shape index (κ3) is 4.41. The van der Waals surface area contributed by atoms with Crippen LogP contribution in [0.1, 0.15) is 26.7 Å². The van der Waals surface area contributed by atoms with Gasteiger partial charge in [0.05, 0.1) is 6.61 Å². The number of nitrogens with zero attached hydrogens (tertiary/aromatic N) is 1. The highest BCUT2D eigenvalue weighted by Crippen LogP contribution is 2.25. The van der Waals surface area contributed by atoms with E-state index in [0.29, 0.717) is 5.92 Å². The van der Waals surface area contributed by atoms with Gasteiger partial charge in [-0.15, -0.1) is 0 Å². The first-order valence-corrected chi connectivity index (χ1v) is 7.81. The van der Waals surface area contributed by atoms with Crippen LogP contribution in [-0.4, -0.2) is 33.3 Å². The molecule has 1 N–H and O–H groups in total. The molecule has 1 atom stereocenters.